The van der Waals surface area contributed by atoms with Gasteiger partial charge in [-0.1, -0.05) is 12.1 Å². The Kier molecular flexibility index (Phi) is 3.19. The van der Waals surface area contributed by atoms with Gasteiger partial charge in [0.15, 0.2) is 0 Å². The summed E-state index contributed by atoms with van der Waals surface area (Å²) >= 11 is 0. The average molecular weight is 259 g/mol. The molecule has 1 unspecified atom stereocenters. The number of rotatable bonds is 4. The van der Waals surface area contributed by atoms with Gasteiger partial charge in [0.05, 0.1) is 6.04 Å². The Morgan fingerprint density at radius 2 is 2.16 bits per heavy atom. The second-order valence-electron chi connectivity index (χ2n) is 5.71. The monoisotopic (exact) mass is 259 g/mol. The summed E-state index contributed by atoms with van der Waals surface area (Å²) in [4.78, 5) is 16.4. The first-order chi connectivity index (χ1) is 9.15. The van der Waals surface area contributed by atoms with Gasteiger partial charge in [0.1, 0.15) is 0 Å². The van der Waals surface area contributed by atoms with E-state index in [0.717, 1.165) is 25.2 Å². The van der Waals surface area contributed by atoms with E-state index in [9.17, 15) is 4.79 Å². The van der Waals surface area contributed by atoms with E-state index in [-0.39, 0.29) is 11.9 Å². The van der Waals surface area contributed by atoms with Gasteiger partial charge in [-0.25, -0.2) is 0 Å². The first-order valence-electron chi connectivity index (χ1n) is 7.00. The molecular formula is C15H21N3O. The van der Waals surface area contributed by atoms with Gasteiger partial charge in [0.2, 0.25) is 5.91 Å². The number of hydrogen-bond acceptors (Lipinski definition) is 3. The molecular weight excluding hydrogens is 238 g/mol. The molecule has 0 spiro atoms. The maximum absolute atomic E-state index is 12.2. The minimum absolute atomic E-state index is 0.0685. The Bertz CT molecular complexity index is 484. The zero-order chi connectivity index (χ0) is 13.4. The standard InChI is InChI=1S/C15H21N3O/c1-17-8-7-14(15(17)19)18(13-5-6-13)10-11-3-2-4-12(16)9-11/h2-4,9,13-14H,5-8,10,16H2,1H3. The molecule has 102 valence electrons. The number of likely N-dealkylation sites (N-methyl/N-ethyl adjacent to an activating group) is 1. The summed E-state index contributed by atoms with van der Waals surface area (Å²) in [6.07, 6.45) is 3.39. The third-order valence-electron chi connectivity index (χ3n) is 4.13. The third kappa shape index (κ3) is 2.59. The number of amides is 1. The molecule has 0 aromatic heterocycles. The van der Waals surface area contributed by atoms with Crippen LogP contribution < -0.4 is 5.73 Å². The van der Waals surface area contributed by atoms with Gasteiger partial charge >= 0.3 is 0 Å². The van der Waals surface area contributed by atoms with Crippen molar-refractivity contribution in [3.63, 3.8) is 0 Å². The zero-order valence-electron chi connectivity index (χ0n) is 11.4. The van der Waals surface area contributed by atoms with Gasteiger partial charge < -0.3 is 10.6 Å². The van der Waals surface area contributed by atoms with Crippen LogP contribution >= 0.6 is 0 Å². The van der Waals surface area contributed by atoms with E-state index in [1.54, 1.807) is 0 Å². The van der Waals surface area contributed by atoms with Crippen LogP contribution in [0.1, 0.15) is 24.8 Å². The third-order valence-corrected chi connectivity index (χ3v) is 4.13. The van der Waals surface area contributed by atoms with Crippen molar-refractivity contribution in [2.45, 2.75) is 37.9 Å². The highest BCUT2D eigenvalue weighted by atomic mass is 16.2. The number of anilines is 1. The van der Waals surface area contributed by atoms with Crippen molar-refractivity contribution in [1.29, 1.82) is 0 Å². The van der Waals surface area contributed by atoms with Crippen LogP contribution in [0.5, 0.6) is 0 Å². The predicted octanol–water partition coefficient (Wildman–Crippen LogP) is 1.46. The van der Waals surface area contributed by atoms with Crippen molar-refractivity contribution in [2.24, 2.45) is 0 Å². The molecule has 2 N–H and O–H groups in total. The first-order valence-corrected chi connectivity index (χ1v) is 7.00. The lowest BCUT2D eigenvalue weighted by molar-refractivity contribution is -0.131. The van der Waals surface area contributed by atoms with Crippen molar-refractivity contribution in [1.82, 2.24) is 9.80 Å². The molecule has 19 heavy (non-hydrogen) atoms. The SMILES string of the molecule is CN1CCC(N(Cc2cccc(N)c2)C2CC2)C1=O. The van der Waals surface area contributed by atoms with Gasteiger partial charge in [-0.2, -0.15) is 0 Å². The number of carbonyl (C=O) groups excluding carboxylic acids is 1. The lowest BCUT2D eigenvalue weighted by Crippen LogP contribution is -2.42. The molecule has 1 saturated heterocycles. The number of carbonyl (C=O) groups is 1. The minimum atomic E-state index is 0.0685. The Labute approximate surface area is 114 Å². The fourth-order valence-electron chi connectivity index (χ4n) is 2.91. The average Bonchev–Trinajstić information content (AvgIpc) is 3.16. The van der Waals surface area contributed by atoms with Crippen molar-refractivity contribution < 1.29 is 4.79 Å². The lowest BCUT2D eigenvalue weighted by atomic mass is 10.1. The van der Waals surface area contributed by atoms with Crippen LogP contribution in [0.3, 0.4) is 0 Å². The first kappa shape index (κ1) is 12.5. The summed E-state index contributed by atoms with van der Waals surface area (Å²) in [5.41, 5.74) is 7.83. The quantitative estimate of drug-likeness (QED) is 0.833. The molecule has 1 heterocycles. The van der Waals surface area contributed by atoms with Crippen LogP contribution in [0.15, 0.2) is 24.3 Å². The molecule has 2 aliphatic rings. The number of hydrogen-bond donors (Lipinski definition) is 1. The zero-order valence-corrected chi connectivity index (χ0v) is 11.4. The molecule has 1 amide bonds. The van der Waals surface area contributed by atoms with Crippen molar-refractivity contribution >= 4 is 11.6 Å². The van der Waals surface area contributed by atoms with E-state index in [0.29, 0.717) is 6.04 Å². The number of nitrogen functional groups attached to an aromatic ring is 1. The normalized spacial score (nSPS) is 23.4. The van der Waals surface area contributed by atoms with Crippen LogP contribution in [0.25, 0.3) is 0 Å². The van der Waals surface area contributed by atoms with Gasteiger partial charge in [0, 0.05) is 31.9 Å². The number of likely N-dealkylation sites (tertiary alicyclic amines) is 1. The topological polar surface area (TPSA) is 49.6 Å². The lowest BCUT2D eigenvalue weighted by Gasteiger charge is -2.27. The van der Waals surface area contributed by atoms with Crippen LogP contribution in [-0.2, 0) is 11.3 Å². The van der Waals surface area contributed by atoms with E-state index in [2.05, 4.69) is 11.0 Å². The van der Waals surface area contributed by atoms with Crippen LogP contribution in [0.2, 0.25) is 0 Å². The minimum Gasteiger partial charge on any atom is -0.399 e. The van der Waals surface area contributed by atoms with Crippen LogP contribution in [-0.4, -0.2) is 41.4 Å². The van der Waals surface area contributed by atoms with E-state index >= 15 is 0 Å². The van der Waals surface area contributed by atoms with Crippen molar-refractivity contribution in [3.05, 3.63) is 29.8 Å². The Morgan fingerprint density at radius 1 is 1.37 bits per heavy atom. The highest BCUT2D eigenvalue weighted by Crippen LogP contribution is 2.33. The van der Waals surface area contributed by atoms with Gasteiger partial charge in [0.25, 0.3) is 0 Å². The molecule has 1 aliphatic carbocycles. The summed E-state index contributed by atoms with van der Waals surface area (Å²) in [5.74, 6) is 0.274. The maximum atomic E-state index is 12.2. The van der Waals surface area contributed by atoms with Gasteiger partial charge in [-0.15, -0.1) is 0 Å². The maximum Gasteiger partial charge on any atom is 0.239 e. The van der Waals surface area contributed by atoms with Crippen molar-refractivity contribution in [3.8, 4) is 0 Å². The summed E-state index contributed by atoms with van der Waals surface area (Å²) in [6, 6.07) is 8.64. The second-order valence-corrected chi connectivity index (χ2v) is 5.71. The predicted molar refractivity (Wildman–Crippen MR) is 75.5 cm³/mol. The molecule has 3 rings (SSSR count). The fourth-order valence-corrected chi connectivity index (χ4v) is 2.91. The molecule has 1 aliphatic heterocycles. The highest BCUT2D eigenvalue weighted by Gasteiger charge is 2.41. The van der Waals surface area contributed by atoms with E-state index in [4.69, 9.17) is 5.73 Å². The molecule has 0 bridgehead atoms. The van der Waals surface area contributed by atoms with Gasteiger partial charge in [-0.05, 0) is 37.0 Å². The number of nitrogens with two attached hydrogens (primary N) is 1. The molecule has 4 heteroatoms. The fraction of sp³-hybridized carbons (Fsp3) is 0.533. The van der Waals surface area contributed by atoms with Gasteiger partial charge in [-0.3, -0.25) is 9.69 Å². The molecule has 0 radical (unpaired) electrons. The Balaban J connectivity index is 1.76. The number of benzene rings is 1. The summed E-state index contributed by atoms with van der Waals surface area (Å²) in [6.45, 7) is 1.71. The van der Waals surface area contributed by atoms with E-state index in [1.165, 1.54) is 18.4 Å². The summed E-state index contributed by atoms with van der Waals surface area (Å²) in [5, 5.41) is 0. The Hall–Kier alpha value is -1.55. The van der Waals surface area contributed by atoms with E-state index < -0.39 is 0 Å². The summed E-state index contributed by atoms with van der Waals surface area (Å²) in [7, 11) is 1.90. The largest absolute Gasteiger partial charge is 0.399 e. The molecule has 1 atom stereocenters. The van der Waals surface area contributed by atoms with E-state index in [1.807, 2.05) is 30.1 Å². The molecule has 1 saturated carbocycles. The molecule has 2 fully saturated rings. The number of nitrogens with zero attached hydrogens (tertiary/aromatic N) is 2. The molecule has 1 aromatic carbocycles. The second kappa shape index (κ2) is 4.85. The van der Waals surface area contributed by atoms with Crippen LogP contribution in [0, 0.1) is 0 Å². The molecule has 1 aromatic rings. The smallest absolute Gasteiger partial charge is 0.239 e. The highest BCUT2D eigenvalue weighted by molar-refractivity contribution is 5.83. The van der Waals surface area contributed by atoms with Crippen molar-refractivity contribution in [2.75, 3.05) is 19.3 Å². The summed E-state index contributed by atoms with van der Waals surface area (Å²) < 4.78 is 0. The van der Waals surface area contributed by atoms with Crippen LogP contribution in [0.4, 0.5) is 5.69 Å². The Morgan fingerprint density at radius 3 is 2.74 bits per heavy atom. The molecule has 4 nitrogen and oxygen atoms in total.